The molecule has 1 aliphatic rings. The van der Waals surface area contributed by atoms with Crippen LogP contribution in [0.25, 0.3) is 0 Å². The van der Waals surface area contributed by atoms with Gasteiger partial charge >= 0.3 is 0 Å². The molecule has 0 bridgehead atoms. The Hall–Kier alpha value is -1.36. The van der Waals surface area contributed by atoms with E-state index in [1.54, 1.807) is 24.3 Å². The van der Waals surface area contributed by atoms with Crippen molar-refractivity contribution in [1.29, 1.82) is 0 Å². The topological polar surface area (TPSA) is 54.5 Å². The fraction of sp³-hybridized carbons (Fsp3) is 0.588. The normalized spacial score (nSPS) is 19.2. The van der Waals surface area contributed by atoms with Crippen LogP contribution in [0.5, 0.6) is 0 Å². The van der Waals surface area contributed by atoms with Crippen LogP contribution in [0.2, 0.25) is 0 Å². The minimum Gasteiger partial charge on any atom is -0.340 e. The Bertz CT molecular complexity index is 607. The molecule has 0 N–H and O–H groups in total. The summed E-state index contributed by atoms with van der Waals surface area (Å²) in [5.41, 5.74) is 1.02. The molecule has 1 atom stereocenters. The van der Waals surface area contributed by atoms with Gasteiger partial charge in [-0.05, 0) is 44.7 Å². The van der Waals surface area contributed by atoms with Crippen LogP contribution in [0.1, 0.15) is 44.6 Å². The Balaban J connectivity index is 1.99. The highest BCUT2D eigenvalue weighted by molar-refractivity contribution is 7.91. The largest absolute Gasteiger partial charge is 0.340 e. The van der Waals surface area contributed by atoms with E-state index >= 15 is 0 Å². The van der Waals surface area contributed by atoms with Crippen molar-refractivity contribution >= 4 is 15.7 Å². The highest BCUT2D eigenvalue weighted by Crippen LogP contribution is 2.21. The Morgan fingerprint density at radius 2 is 1.91 bits per heavy atom. The van der Waals surface area contributed by atoms with E-state index in [0.29, 0.717) is 4.90 Å². The maximum atomic E-state index is 12.4. The van der Waals surface area contributed by atoms with E-state index in [-0.39, 0.29) is 24.1 Å². The van der Waals surface area contributed by atoms with Crippen molar-refractivity contribution in [3.8, 4) is 0 Å². The van der Waals surface area contributed by atoms with Crippen molar-refractivity contribution in [3.05, 3.63) is 29.8 Å². The van der Waals surface area contributed by atoms with Gasteiger partial charge in [0.05, 0.1) is 10.6 Å². The van der Waals surface area contributed by atoms with Gasteiger partial charge in [-0.15, -0.1) is 0 Å². The van der Waals surface area contributed by atoms with Gasteiger partial charge in [-0.25, -0.2) is 8.42 Å². The van der Waals surface area contributed by atoms with E-state index in [0.717, 1.165) is 37.8 Å². The Kier molecular flexibility index (Phi) is 5.62. The lowest BCUT2D eigenvalue weighted by Crippen LogP contribution is -2.43. The Labute approximate surface area is 133 Å². The fourth-order valence-corrected chi connectivity index (χ4v) is 4.21. The van der Waals surface area contributed by atoms with Gasteiger partial charge in [-0.2, -0.15) is 0 Å². The standard InChI is InChI=1S/C17H25NO3S/c1-3-15-6-4-5-12-18(15)17(19)11-13-22(20,21)16-9-7-14(2)8-10-16/h7-10,15H,3-6,11-13H2,1-2H3. The first kappa shape index (κ1) is 17.0. The van der Waals surface area contributed by atoms with Crippen LogP contribution < -0.4 is 0 Å². The molecule has 0 aliphatic carbocycles. The second kappa shape index (κ2) is 7.27. The third-order valence-corrected chi connectivity index (χ3v) is 6.12. The average Bonchev–Trinajstić information content (AvgIpc) is 2.53. The number of hydrogen-bond donors (Lipinski definition) is 0. The third kappa shape index (κ3) is 4.09. The quantitative estimate of drug-likeness (QED) is 0.837. The smallest absolute Gasteiger partial charge is 0.223 e. The van der Waals surface area contributed by atoms with Crippen LogP contribution in [0.3, 0.4) is 0 Å². The number of hydrogen-bond acceptors (Lipinski definition) is 3. The minimum absolute atomic E-state index is 0.0257. The van der Waals surface area contributed by atoms with Crippen LogP contribution >= 0.6 is 0 Å². The highest BCUT2D eigenvalue weighted by atomic mass is 32.2. The van der Waals surface area contributed by atoms with E-state index in [2.05, 4.69) is 6.92 Å². The van der Waals surface area contributed by atoms with Crippen molar-refractivity contribution in [3.63, 3.8) is 0 Å². The lowest BCUT2D eigenvalue weighted by atomic mass is 10.00. The number of likely N-dealkylation sites (tertiary alicyclic amines) is 1. The van der Waals surface area contributed by atoms with Gasteiger partial charge in [0.15, 0.2) is 9.84 Å². The zero-order chi connectivity index (χ0) is 16.2. The van der Waals surface area contributed by atoms with Crippen LogP contribution in [0, 0.1) is 6.92 Å². The Morgan fingerprint density at radius 1 is 1.23 bits per heavy atom. The lowest BCUT2D eigenvalue weighted by Gasteiger charge is -2.35. The summed E-state index contributed by atoms with van der Waals surface area (Å²) in [4.78, 5) is 14.5. The molecule has 22 heavy (non-hydrogen) atoms. The summed E-state index contributed by atoms with van der Waals surface area (Å²) in [5.74, 6) is -0.135. The van der Waals surface area contributed by atoms with Gasteiger partial charge in [0.2, 0.25) is 5.91 Å². The summed E-state index contributed by atoms with van der Waals surface area (Å²) in [6.07, 6.45) is 4.23. The molecule has 0 aromatic heterocycles. The van der Waals surface area contributed by atoms with E-state index in [9.17, 15) is 13.2 Å². The van der Waals surface area contributed by atoms with Gasteiger partial charge in [-0.3, -0.25) is 4.79 Å². The zero-order valence-electron chi connectivity index (χ0n) is 13.4. The first-order valence-electron chi connectivity index (χ1n) is 8.03. The summed E-state index contributed by atoms with van der Waals surface area (Å²) in [5, 5.41) is 0. The molecule has 0 saturated carbocycles. The number of aryl methyl sites for hydroxylation is 1. The minimum atomic E-state index is -3.38. The van der Waals surface area contributed by atoms with E-state index < -0.39 is 9.84 Å². The predicted molar refractivity (Wildman–Crippen MR) is 87.5 cm³/mol. The molecule has 1 aliphatic heterocycles. The van der Waals surface area contributed by atoms with Crippen molar-refractivity contribution in [1.82, 2.24) is 4.90 Å². The molecule has 122 valence electrons. The molecule has 1 amide bonds. The van der Waals surface area contributed by atoms with E-state index in [1.165, 1.54) is 0 Å². The van der Waals surface area contributed by atoms with Crippen molar-refractivity contribution < 1.29 is 13.2 Å². The number of sulfone groups is 1. The molecule has 0 spiro atoms. The lowest BCUT2D eigenvalue weighted by molar-refractivity contribution is -0.134. The number of carbonyl (C=O) groups excluding carboxylic acids is 1. The maximum absolute atomic E-state index is 12.4. The number of amides is 1. The molecular formula is C17H25NO3S. The summed E-state index contributed by atoms with van der Waals surface area (Å²) < 4.78 is 24.6. The summed E-state index contributed by atoms with van der Waals surface area (Å²) in [6.45, 7) is 4.77. The average molecular weight is 323 g/mol. The molecule has 4 nitrogen and oxygen atoms in total. The second-order valence-corrected chi connectivity index (χ2v) is 8.14. The van der Waals surface area contributed by atoms with Gasteiger partial charge < -0.3 is 4.90 Å². The molecule has 1 heterocycles. The summed E-state index contributed by atoms with van der Waals surface area (Å²) in [7, 11) is -3.38. The maximum Gasteiger partial charge on any atom is 0.223 e. The first-order chi connectivity index (χ1) is 10.4. The highest BCUT2D eigenvalue weighted by Gasteiger charge is 2.26. The molecule has 1 aromatic rings. The fourth-order valence-electron chi connectivity index (χ4n) is 2.98. The van der Waals surface area contributed by atoms with Crippen molar-refractivity contribution in [2.75, 3.05) is 12.3 Å². The Morgan fingerprint density at radius 3 is 2.55 bits per heavy atom. The molecule has 1 fully saturated rings. The number of piperidine rings is 1. The molecule has 0 radical (unpaired) electrons. The van der Waals surface area contributed by atoms with E-state index in [4.69, 9.17) is 0 Å². The molecular weight excluding hydrogens is 298 g/mol. The number of nitrogens with zero attached hydrogens (tertiary/aromatic N) is 1. The van der Waals surface area contributed by atoms with Crippen molar-refractivity contribution in [2.24, 2.45) is 0 Å². The predicted octanol–water partition coefficient (Wildman–Crippen LogP) is 2.95. The zero-order valence-corrected chi connectivity index (χ0v) is 14.2. The van der Waals surface area contributed by atoms with Crippen molar-refractivity contribution in [2.45, 2.75) is 56.9 Å². The molecule has 2 rings (SSSR count). The van der Waals surface area contributed by atoms with Crippen LogP contribution in [0.4, 0.5) is 0 Å². The molecule has 1 saturated heterocycles. The summed E-state index contributed by atoms with van der Waals surface area (Å²) in [6, 6.07) is 7.08. The van der Waals surface area contributed by atoms with Gasteiger partial charge in [0.1, 0.15) is 0 Å². The number of carbonyl (C=O) groups is 1. The molecule has 5 heteroatoms. The van der Waals surface area contributed by atoms with Gasteiger partial charge in [0.25, 0.3) is 0 Å². The summed E-state index contributed by atoms with van der Waals surface area (Å²) >= 11 is 0. The van der Waals surface area contributed by atoms with E-state index in [1.807, 2.05) is 11.8 Å². The monoisotopic (exact) mass is 323 g/mol. The third-order valence-electron chi connectivity index (χ3n) is 4.38. The van der Waals surface area contributed by atoms with Crippen LogP contribution in [0.15, 0.2) is 29.2 Å². The number of benzene rings is 1. The van der Waals surface area contributed by atoms with Gasteiger partial charge in [-0.1, -0.05) is 24.6 Å². The second-order valence-electron chi connectivity index (χ2n) is 6.03. The van der Waals surface area contributed by atoms with Crippen LogP contribution in [-0.4, -0.2) is 37.6 Å². The molecule has 1 aromatic carbocycles. The SMILES string of the molecule is CCC1CCCCN1C(=O)CCS(=O)(=O)c1ccc(C)cc1. The molecule has 1 unspecified atom stereocenters. The van der Waals surface area contributed by atoms with Crippen LogP contribution in [-0.2, 0) is 14.6 Å². The first-order valence-corrected chi connectivity index (χ1v) is 9.68. The number of rotatable bonds is 5. The van der Waals surface area contributed by atoms with Gasteiger partial charge in [0, 0.05) is 19.0 Å².